The van der Waals surface area contributed by atoms with Gasteiger partial charge in [-0.1, -0.05) is 33.6 Å². The first-order chi connectivity index (χ1) is 5.69. The lowest BCUT2D eigenvalue weighted by atomic mass is 9.69. The Morgan fingerprint density at radius 2 is 1.83 bits per heavy atom. The van der Waals surface area contributed by atoms with Crippen molar-refractivity contribution in [3.63, 3.8) is 0 Å². The number of aliphatic hydroxyl groups is 1. The SMILES string of the molecule is CCC1CC(O)CC(C)C1CC. The van der Waals surface area contributed by atoms with Crippen LogP contribution in [0.15, 0.2) is 0 Å². The highest BCUT2D eigenvalue weighted by Gasteiger charge is 2.32. The van der Waals surface area contributed by atoms with Gasteiger partial charge in [0, 0.05) is 0 Å². The van der Waals surface area contributed by atoms with Crippen LogP contribution < -0.4 is 0 Å². The summed E-state index contributed by atoms with van der Waals surface area (Å²) in [7, 11) is 0. The van der Waals surface area contributed by atoms with Crippen LogP contribution >= 0.6 is 0 Å². The van der Waals surface area contributed by atoms with Gasteiger partial charge in [0.15, 0.2) is 0 Å². The maximum Gasteiger partial charge on any atom is 0.0545 e. The maximum atomic E-state index is 9.59. The van der Waals surface area contributed by atoms with E-state index in [1.807, 2.05) is 0 Å². The summed E-state index contributed by atoms with van der Waals surface area (Å²) in [5, 5.41) is 9.59. The molecule has 1 heteroatoms. The molecule has 1 aliphatic carbocycles. The smallest absolute Gasteiger partial charge is 0.0545 e. The topological polar surface area (TPSA) is 20.2 Å². The van der Waals surface area contributed by atoms with Gasteiger partial charge in [0.2, 0.25) is 0 Å². The Balaban J connectivity index is 2.56. The molecule has 0 amide bonds. The number of rotatable bonds is 2. The lowest BCUT2D eigenvalue weighted by molar-refractivity contribution is 0.0302. The fraction of sp³-hybridized carbons (Fsp3) is 1.00. The molecule has 0 spiro atoms. The van der Waals surface area contributed by atoms with Crippen LogP contribution in [0.4, 0.5) is 0 Å². The van der Waals surface area contributed by atoms with Crippen LogP contribution in [-0.4, -0.2) is 11.2 Å². The molecule has 1 aliphatic rings. The lowest BCUT2D eigenvalue weighted by Gasteiger charge is -2.38. The van der Waals surface area contributed by atoms with Crippen molar-refractivity contribution in [3.05, 3.63) is 0 Å². The Labute approximate surface area is 76.2 Å². The van der Waals surface area contributed by atoms with E-state index in [0.29, 0.717) is 0 Å². The number of hydrogen-bond donors (Lipinski definition) is 1. The van der Waals surface area contributed by atoms with Crippen molar-refractivity contribution in [1.82, 2.24) is 0 Å². The van der Waals surface area contributed by atoms with E-state index in [-0.39, 0.29) is 6.10 Å². The molecule has 0 bridgehead atoms. The highest BCUT2D eigenvalue weighted by Crippen LogP contribution is 2.38. The van der Waals surface area contributed by atoms with E-state index in [1.165, 1.54) is 12.8 Å². The molecule has 12 heavy (non-hydrogen) atoms. The van der Waals surface area contributed by atoms with Gasteiger partial charge < -0.3 is 5.11 Å². The van der Waals surface area contributed by atoms with Gasteiger partial charge >= 0.3 is 0 Å². The summed E-state index contributed by atoms with van der Waals surface area (Å²) in [5.74, 6) is 2.36. The molecule has 0 aromatic heterocycles. The standard InChI is InChI=1S/C11H22O/c1-4-9-7-10(12)6-8(3)11(9)5-2/h8-12H,4-7H2,1-3H3. The van der Waals surface area contributed by atoms with Gasteiger partial charge in [-0.05, 0) is 30.6 Å². The van der Waals surface area contributed by atoms with Crippen LogP contribution in [0.5, 0.6) is 0 Å². The van der Waals surface area contributed by atoms with E-state index < -0.39 is 0 Å². The highest BCUT2D eigenvalue weighted by molar-refractivity contribution is 4.82. The minimum absolute atomic E-state index is 0.0206. The first-order valence-electron chi connectivity index (χ1n) is 5.37. The van der Waals surface area contributed by atoms with Gasteiger partial charge in [0.05, 0.1) is 6.10 Å². The molecule has 4 unspecified atom stereocenters. The Hall–Kier alpha value is -0.0400. The van der Waals surface area contributed by atoms with Crippen LogP contribution in [0, 0.1) is 17.8 Å². The summed E-state index contributed by atoms with van der Waals surface area (Å²) in [6.07, 6.45) is 4.56. The van der Waals surface area contributed by atoms with E-state index >= 15 is 0 Å². The van der Waals surface area contributed by atoms with E-state index in [1.54, 1.807) is 0 Å². The minimum atomic E-state index is -0.0206. The molecule has 0 radical (unpaired) electrons. The zero-order valence-corrected chi connectivity index (χ0v) is 8.59. The average Bonchev–Trinajstić information content (AvgIpc) is 2.03. The Morgan fingerprint density at radius 3 is 2.33 bits per heavy atom. The first-order valence-corrected chi connectivity index (χ1v) is 5.37. The van der Waals surface area contributed by atoms with Gasteiger partial charge in [-0.25, -0.2) is 0 Å². The van der Waals surface area contributed by atoms with Crippen LogP contribution in [0.25, 0.3) is 0 Å². The summed E-state index contributed by atoms with van der Waals surface area (Å²) in [6.45, 7) is 6.82. The van der Waals surface area contributed by atoms with Gasteiger partial charge in [-0.15, -0.1) is 0 Å². The predicted molar refractivity (Wildman–Crippen MR) is 52.0 cm³/mol. The van der Waals surface area contributed by atoms with Gasteiger partial charge in [-0.3, -0.25) is 0 Å². The predicted octanol–water partition coefficient (Wildman–Crippen LogP) is 2.83. The number of aliphatic hydroxyl groups excluding tert-OH is 1. The van der Waals surface area contributed by atoms with Crippen LogP contribution in [0.2, 0.25) is 0 Å². The van der Waals surface area contributed by atoms with Crippen molar-refractivity contribution < 1.29 is 5.11 Å². The third-order valence-electron chi connectivity index (χ3n) is 3.55. The zero-order chi connectivity index (χ0) is 9.14. The lowest BCUT2D eigenvalue weighted by Crippen LogP contribution is -2.33. The second kappa shape index (κ2) is 4.27. The van der Waals surface area contributed by atoms with Crippen molar-refractivity contribution in [2.75, 3.05) is 0 Å². The Morgan fingerprint density at radius 1 is 1.17 bits per heavy atom. The average molecular weight is 170 g/mol. The molecule has 1 N–H and O–H groups in total. The molecule has 1 saturated carbocycles. The molecule has 1 nitrogen and oxygen atoms in total. The third-order valence-corrected chi connectivity index (χ3v) is 3.55. The summed E-state index contributed by atoms with van der Waals surface area (Å²) >= 11 is 0. The first kappa shape index (κ1) is 10.0. The summed E-state index contributed by atoms with van der Waals surface area (Å²) < 4.78 is 0. The summed E-state index contributed by atoms with van der Waals surface area (Å²) in [4.78, 5) is 0. The molecule has 0 saturated heterocycles. The quantitative estimate of drug-likeness (QED) is 0.675. The van der Waals surface area contributed by atoms with Crippen molar-refractivity contribution in [2.24, 2.45) is 17.8 Å². The van der Waals surface area contributed by atoms with Gasteiger partial charge in [0.25, 0.3) is 0 Å². The largest absolute Gasteiger partial charge is 0.393 e. The monoisotopic (exact) mass is 170 g/mol. The fourth-order valence-corrected chi connectivity index (χ4v) is 2.89. The normalized spacial score (nSPS) is 43.0. The zero-order valence-electron chi connectivity index (χ0n) is 8.59. The molecular weight excluding hydrogens is 148 g/mol. The maximum absolute atomic E-state index is 9.59. The van der Waals surface area contributed by atoms with Crippen LogP contribution in [0.1, 0.15) is 46.5 Å². The second-order valence-electron chi connectivity index (χ2n) is 4.34. The highest BCUT2D eigenvalue weighted by atomic mass is 16.3. The van der Waals surface area contributed by atoms with E-state index in [0.717, 1.165) is 30.6 Å². The molecular formula is C11H22O. The van der Waals surface area contributed by atoms with Gasteiger partial charge in [-0.2, -0.15) is 0 Å². The fourth-order valence-electron chi connectivity index (χ4n) is 2.89. The summed E-state index contributed by atoms with van der Waals surface area (Å²) in [5.41, 5.74) is 0. The minimum Gasteiger partial charge on any atom is -0.393 e. The molecule has 4 atom stereocenters. The molecule has 0 aromatic carbocycles. The molecule has 1 rings (SSSR count). The molecule has 0 aliphatic heterocycles. The van der Waals surface area contributed by atoms with E-state index in [2.05, 4.69) is 20.8 Å². The van der Waals surface area contributed by atoms with E-state index in [4.69, 9.17) is 0 Å². The summed E-state index contributed by atoms with van der Waals surface area (Å²) in [6, 6.07) is 0. The molecule has 0 aromatic rings. The Bertz CT molecular complexity index is 133. The van der Waals surface area contributed by atoms with Crippen molar-refractivity contribution in [2.45, 2.75) is 52.6 Å². The molecule has 1 fully saturated rings. The third kappa shape index (κ3) is 2.01. The number of hydrogen-bond acceptors (Lipinski definition) is 1. The van der Waals surface area contributed by atoms with Crippen molar-refractivity contribution in [1.29, 1.82) is 0 Å². The van der Waals surface area contributed by atoms with E-state index in [9.17, 15) is 5.11 Å². The van der Waals surface area contributed by atoms with Crippen LogP contribution in [-0.2, 0) is 0 Å². The van der Waals surface area contributed by atoms with Crippen LogP contribution in [0.3, 0.4) is 0 Å². The Kier molecular flexibility index (Phi) is 3.57. The molecule has 72 valence electrons. The van der Waals surface area contributed by atoms with Crippen molar-refractivity contribution >= 4 is 0 Å². The second-order valence-corrected chi connectivity index (χ2v) is 4.34. The van der Waals surface area contributed by atoms with Crippen molar-refractivity contribution in [3.8, 4) is 0 Å². The molecule has 0 heterocycles. The van der Waals surface area contributed by atoms with Gasteiger partial charge in [0.1, 0.15) is 0 Å².